The van der Waals surface area contributed by atoms with Crippen molar-refractivity contribution in [2.45, 2.75) is 51.3 Å². The first kappa shape index (κ1) is 24.1. The lowest BCUT2D eigenvalue weighted by atomic mass is 10.0. The van der Waals surface area contributed by atoms with Crippen LogP contribution in [0, 0.1) is 0 Å². The zero-order valence-electron chi connectivity index (χ0n) is 21.3. The van der Waals surface area contributed by atoms with E-state index in [1.807, 2.05) is 43.0 Å². The average molecular weight is 491 g/mol. The van der Waals surface area contributed by atoms with Crippen LogP contribution in [0.3, 0.4) is 0 Å². The molecule has 9 nitrogen and oxygen atoms in total. The molecule has 36 heavy (non-hydrogen) atoms. The molecule has 1 aliphatic heterocycles. The largest absolute Gasteiger partial charge is 0.489 e. The van der Waals surface area contributed by atoms with Crippen LogP contribution in [-0.2, 0) is 6.42 Å². The monoisotopic (exact) mass is 490 g/mol. The van der Waals surface area contributed by atoms with Gasteiger partial charge < -0.3 is 30.1 Å². The van der Waals surface area contributed by atoms with Crippen LogP contribution >= 0.6 is 0 Å². The van der Waals surface area contributed by atoms with E-state index in [9.17, 15) is 4.79 Å². The number of fused-ring (bicyclic) bond motifs is 1. The standard InChI is InChI=1S/C27H34N6O3/c1-16(2)35-24-11-8-17(14-22(24)28)26-30-25(31-36-26)21-7-5-6-20-19(21)9-10-23(20)29-27(34)33-13-12-18(15-33)32(3)4/h5-8,11,14,16,18,23H,9-10,12-13,15,28H2,1-4H3,(H,29,34)/t18-,23-/m0/s1. The third-order valence-corrected chi connectivity index (χ3v) is 7.04. The number of urea groups is 1. The fraction of sp³-hybridized carbons (Fsp3) is 0.444. The summed E-state index contributed by atoms with van der Waals surface area (Å²) in [7, 11) is 4.13. The van der Waals surface area contributed by atoms with Gasteiger partial charge in [-0.05, 0) is 76.5 Å². The highest BCUT2D eigenvalue weighted by atomic mass is 16.5. The topological polar surface area (TPSA) is 110 Å². The molecule has 2 amide bonds. The highest BCUT2D eigenvalue weighted by Gasteiger charge is 2.32. The van der Waals surface area contributed by atoms with Crippen LogP contribution in [0.25, 0.3) is 22.8 Å². The number of nitrogen functional groups attached to an aromatic ring is 1. The Labute approximate surface area is 211 Å². The number of likely N-dealkylation sites (tertiary alicyclic amines) is 1. The highest BCUT2D eigenvalue weighted by Crippen LogP contribution is 2.38. The van der Waals surface area contributed by atoms with Crippen molar-refractivity contribution in [2.75, 3.05) is 32.9 Å². The molecule has 0 bridgehead atoms. The summed E-state index contributed by atoms with van der Waals surface area (Å²) in [6.07, 6.45) is 2.73. The molecule has 2 heterocycles. The maximum absolute atomic E-state index is 12.9. The highest BCUT2D eigenvalue weighted by molar-refractivity contribution is 5.76. The Hall–Kier alpha value is -3.59. The second kappa shape index (κ2) is 9.81. The SMILES string of the molecule is CC(C)Oc1ccc(-c2nc(-c3cccc4c3CC[C@@H]4NC(=O)N3CC[C@H](N(C)C)C3)no2)cc1N. The van der Waals surface area contributed by atoms with Crippen molar-refractivity contribution in [1.29, 1.82) is 0 Å². The third-order valence-electron chi connectivity index (χ3n) is 7.04. The van der Waals surface area contributed by atoms with Gasteiger partial charge in [0.15, 0.2) is 0 Å². The van der Waals surface area contributed by atoms with Gasteiger partial charge in [0.05, 0.1) is 17.8 Å². The predicted octanol–water partition coefficient (Wildman–Crippen LogP) is 4.11. The molecule has 0 unspecified atom stereocenters. The Kier molecular flexibility index (Phi) is 6.57. The van der Waals surface area contributed by atoms with Crippen LogP contribution in [0.5, 0.6) is 5.75 Å². The number of nitrogens with two attached hydrogens (primary N) is 1. The average Bonchev–Trinajstić information content (AvgIpc) is 3.60. The molecule has 1 fully saturated rings. The molecule has 1 aromatic heterocycles. The quantitative estimate of drug-likeness (QED) is 0.501. The van der Waals surface area contributed by atoms with Gasteiger partial charge in [-0.15, -0.1) is 0 Å². The molecule has 0 saturated carbocycles. The molecule has 0 spiro atoms. The first-order valence-electron chi connectivity index (χ1n) is 12.5. The number of hydrogen-bond donors (Lipinski definition) is 2. The normalized spacial score (nSPS) is 19.2. The van der Waals surface area contributed by atoms with E-state index >= 15 is 0 Å². The van der Waals surface area contributed by atoms with Crippen LogP contribution in [0.2, 0.25) is 0 Å². The van der Waals surface area contributed by atoms with Crippen LogP contribution in [-0.4, -0.2) is 65.3 Å². The molecule has 3 N–H and O–H groups in total. The van der Waals surface area contributed by atoms with E-state index in [2.05, 4.69) is 40.5 Å². The van der Waals surface area contributed by atoms with Gasteiger partial charge in [-0.25, -0.2) is 4.79 Å². The van der Waals surface area contributed by atoms with E-state index in [1.54, 1.807) is 6.07 Å². The fourth-order valence-electron chi connectivity index (χ4n) is 5.09. The van der Waals surface area contributed by atoms with Crippen LogP contribution in [0.15, 0.2) is 40.9 Å². The maximum atomic E-state index is 12.9. The van der Waals surface area contributed by atoms with Gasteiger partial charge in [-0.3, -0.25) is 0 Å². The van der Waals surface area contributed by atoms with Crippen LogP contribution in [0.1, 0.15) is 43.9 Å². The zero-order valence-corrected chi connectivity index (χ0v) is 21.3. The minimum absolute atomic E-state index is 0.00642. The minimum Gasteiger partial charge on any atom is -0.489 e. The molecule has 1 aliphatic carbocycles. The van der Waals surface area contributed by atoms with E-state index in [-0.39, 0.29) is 18.2 Å². The molecule has 2 atom stereocenters. The van der Waals surface area contributed by atoms with E-state index in [4.69, 9.17) is 15.0 Å². The minimum atomic E-state index is -0.0227. The molecular weight excluding hydrogens is 456 g/mol. The summed E-state index contributed by atoms with van der Waals surface area (Å²) in [4.78, 5) is 21.7. The van der Waals surface area contributed by atoms with Gasteiger partial charge in [-0.1, -0.05) is 23.4 Å². The number of anilines is 1. The van der Waals surface area contributed by atoms with Crippen molar-refractivity contribution < 1.29 is 14.1 Å². The fourth-order valence-corrected chi connectivity index (χ4v) is 5.09. The number of benzene rings is 2. The molecule has 0 radical (unpaired) electrons. The number of rotatable bonds is 6. The molecule has 3 aromatic rings. The number of nitrogens with zero attached hydrogens (tertiary/aromatic N) is 4. The number of ether oxygens (including phenoxy) is 1. The number of likely N-dealkylation sites (N-methyl/N-ethyl adjacent to an activating group) is 1. The molecule has 9 heteroatoms. The number of amides is 2. The lowest BCUT2D eigenvalue weighted by Gasteiger charge is -2.23. The van der Waals surface area contributed by atoms with Gasteiger partial charge in [0.1, 0.15) is 5.75 Å². The van der Waals surface area contributed by atoms with Crippen molar-refractivity contribution in [2.24, 2.45) is 0 Å². The van der Waals surface area contributed by atoms with Crippen molar-refractivity contribution in [3.63, 3.8) is 0 Å². The van der Waals surface area contributed by atoms with Gasteiger partial charge in [0.25, 0.3) is 5.89 Å². The summed E-state index contributed by atoms with van der Waals surface area (Å²) in [5, 5.41) is 7.51. The zero-order chi connectivity index (χ0) is 25.4. The molecular formula is C27H34N6O3. The Morgan fingerprint density at radius 3 is 2.81 bits per heavy atom. The smallest absolute Gasteiger partial charge is 0.317 e. The van der Waals surface area contributed by atoms with Gasteiger partial charge in [-0.2, -0.15) is 4.98 Å². The number of carbonyl (C=O) groups excluding carboxylic acids is 1. The molecule has 5 rings (SSSR count). The van der Waals surface area contributed by atoms with Crippen molar-refractivity contribution in [3.05, 3.63) is 47.5 Å². The van der Waals surface area contributed by atoms with E-state index < -0.39 is 0 Å². The number of carbonyl (C=O) groups is 1. The van der Waals surface area contributed by atoms with Gasteiger partial charge in [0.2, 0.25) is 5.82 Å². The number of hydrogen-bond acceptors (Lipinski definition) is 7. The lowest BCUT2D eigenvalue weighted by molar-refractivity contribution is 0.199. The van der Waals surface area contributed by atoms with E-state index in [1.165, 1.54) is 0 Å². The Morgan fingerprint density at radius 1 is 1.25 bits per heavy atom. The summed E-state index contributed by atoms with van der Waals surface area (Å²) < 4.78 is 11.3. The van der Waals surface area contributed by atoms with Gasteiger partial charge in [0, 0.05) is 30.3 Å². The molecule has 2 aromatic carbocycles. The Morgan fingerprint density at radius 2 is 2.08 bits per heavy atom. The third kappa shape index (κ3) is 4.75. The van der Waals surface area contributed by atoms with Gasteiger partial charge >= 0.3 is 6.03 Å². The summed E-state index contributed by atoms with van der Waals surface area (Å²) in [6, 6.07) is 12.0. The predicted molar refractivity (Wildman–Crippen MR) is 139 cm³/mol. The van der Waals surface area contributed by atoms with E-state index in [0.29, 0.717) is 29.2 Å². The van der Waals surface area contributed by atoms with Crippen LogP contribution in [0.4, 0.5) is 10.5 Å². The summed E-state index contributed by atoms with van der Waals surface area (Å²) >= 11 is 0. The molecule has 190 valence electrons. The molecule has 2 aliphatic rings. The second-order valence-electron chi connectivity index (χ2n) is 10.1. The second-order valence-corrected chi connectivity index (χ2v) is 10.1. The summed E-state index contributed by atoms with van der Waals surface area (Å²) in [6.45, 7) is 5.46. The first-order chi connectivity index (χ1) is 17.3. The molecule has 1 saturated heterocycles. The Bertz CT molecular complexity index is 1250. The summed E-state index contributed by atoms with van der Waals surface area (Å²) in [5.41, 5.74) is 10.6. The van der Waals surface area contributed by atoms with Crippen molar-refractivity contribution in [1.82, 2.24) is 25.3 Å². The van der Waals surface area contributed by atoms with Crippen molar-refractivity contribution >= 4 is 11.7 Å². The van der Waals surface area contributed by atoms with E-state index in [0.717, 1.165) is 54.6 Å². The van der Waals surface area contributed by atoms with Crippen LogP contribution < -0.4 is 15.8 Å². The lowest BCUT2D eigenvalue weighted by Crippen LogP contribution is -2.41. The van der Waals surface area contributed by atoms with Crippen molar-refractivity contribution in [3.8, 4) is 28.6 Å². The summed E-state index contributed by atoms with van der Waals surface area (Å²) in [5.74, 6) is 1.56. The Balaban J connectivity index is 1.32. The first-order valence-corrected chi connectivity index (χ1v) is 12.5. The number of aromatic nitrogens is 2. The maximum Gasteiger partial charge on any atom is 0.317 e. The number of nitrogens with one attached hydrogen (secondary N) is 1.